The van der Waals surface area contributed by atoms with Crippen LogP contribution in [0.15, 0.2) is 80.9 Å². The van der Waals surface area contributed by atoms with Gasteiger partial charge in [0.05, 0.1) is 9.79 Å². The lowest BCUT2D eigenvalue weighted by molar-refractivity contribution is 0.577. The summed E-state index contributed by atoms with van der Waals surface area (Å²) in [6, 6.07) is 17.6. The van der Waals surface area contributed by atoms with Crippen molar-refractivity contribution in [1.29, 1.82) is 0 Å². The first-order valence-corrected chi connectivity index (χ1v) is 11.6. The van der Waals surface area contributed by atoms with E-state index in [-0.39, 0.29) is 21.7 Å². The van der Waals surface area contributed by atoms with Crippen molar-refractivity contribution < 1.29 is 21.3 Å². The van der Waals surface area contributed by atoms with Crippen molar-refractivity contribution in [2.24, 2.45) is 0 Å². The third kappa shape index (κ3) is 3.77. The van der Waals surface area contributed by atoms with E-state index in [1.807, 2.05) is 36.4 Å². The summed E-state index contributed by atoms with van der Waals surface area (Å²) in [5, 5.41) is 9.57. The van der Waals surface area contributed by atoms with Gasteiger partial charge < -0.3 is 4.42 Å². The highest BCUT2D eigenvalue weighted by Gasteiger charge is 2.20. The average molecular weight is 444 g/mol. The van der Waals surface area contributed by atoms with E-state index in [0.717, 1.165) is 10.8 Å². The van der Waals surface area contributed by atoms with Crippen molar-refractivity contribution in [3.63, 3.8) is 0 Å². The Kier molecular flexibility index (Phi) is 5.02. The largest absolute Gasteiger partial charge is 0.403 e. The predicted molar refractivity (Wildman–Crippen MR) is 111 cm³/mol. The molecule has 0 amide bonds. The number of rotatable bonds is 6. The van der Waals surface area contributed by atoms with E-state index in [4.69, 9.17) is 4.42 Å². The Labute approximate surface area is 172 Å². The standard InChI is InChI=1S/C19H16N4O5S2/c1-20-29(24,25)14-9-11-15(12-10-14)30(26,27)23-19-22-21-18(28-19)17-8-4-6-13-5-2-3-7-16(13)17/h2-12,20H,1H3,(H,22,23). The number of nitrogens with zero attached hydrogens (tertiary/aromatic N) is 2. The van der Waals surface area contributed by atoms with Crippen molar-refractivity contribution in [3.8, 4) is 11.5 Å². The summed E-state index contributed by atoms with van der Waals surface area (Å²) in [5.74, 6) is 0.167. The molecule has 3 aromatic carbocycles. The van der Waals surface area contributed by atoms with Crippen LogP contribution in [0, 0.1) is 0 Å². The fourth-order valence-electron chi connectivity index (χ4n) is 2.87. The third-order valence-electron chi connectivity index (χ3n) is 4.38. The predicted octanol–water partition coefficient (Wildman–Crippen LogP) is 2.60. The molecular formula is C19H16N4O5S2. The van der Waals surface area contributed by atoms with Crippen LogP contribution >= 0.6 is 0 Å². The molecule has 1 heterocycles. The zero-order valence-corrected chi connectivity index (χ0v) is 17.2. The molecule has 0 aliphatic carbocycles. The minimum atomic E-state index is -4.06. The smallest absolute Gasteiger partial charge is 0.330 e. The maximum Gasteiger partial charge on any atom is 0.330 e. The number of fused-ring (bicyclic) bond motifs is 1. The van der Waals surface area contributed by atoms with Crippen molar-refractivity contribution >= 4 is 36.8 Å². The van der Waals surface area contributed by atoms with Gasteiger partial charge in [-0.05, 0) is 48.2 Å². The van der Waals surface area contributed by atoms with Crippen LogP contribution in [0.1, 0.15) is 0 Å². The van der Waals surface area contributed by atoms with E-state index < -0.39 is 20.0 Å². The van der Waals surface area contributed by atoms with Gasteiger partial charge in [-0.1, -0.05) is 41.5 Å². The molecule has 1 aromatic heterocycles. The molecule has 4 aromatic rings. The molecule has 0 bridgehead atoms. The van der Waals surface area contributed by atoms with E-state index in [1.165, 1.54) is 31.3 Å². The van der Waals surface area contributed by atoms with E-state index >= 15 is 0 Å². The number of hydrogen-bond donors (Lipinski definition) is 2. The topological polar surface area (TPSA) is 131 Å². The van der Waals surface area contributed by atoms with E-state index in [0.29, 0.717) is 5.56 Å². The maximum absolute atomic E-state index is 12.6. The third-order valence-corrected chi connectivity index (χ3v) is 7.15. The lowest BCUT2D eigenvalue weighted by Crippen LogP contribution is -2.19. The summed E-state index contributed by atoms with van der Waals surface area (Å²) in [7, 11) is -6.46. The van der Waals surface area contributed by atoms with Crippen LogP contribution in [-0.4, -0.2) is 34.1 Å². The van der Waals surface area contributed by atoms with Crippen LogP contribution in [0.4, 0.5) is 6.01 Å². The monoisotopic (exact) mass is 444 g/mol. The fourth-order valence-corrected chi connectivity index (χ4v) is 4.53. The maximum atomic E-state index is 12.6. The number of benzene rings is 3. The van der Waals surface area contributed by atoms with Gasteiger partial charge in [0.2, 0.25) is 15.9 Å². The Bertz CT molecular complexity index is 1420. The summed E-state index contributed by atoms with van der Waals surface area (Å²) >= 11 is 0. The molecule has 0 fully saturated rings. The second-order valence-electron chi connectivity index (χ2n) is 6.22. The number of nitrogens with one attached hydrogen (secondary N) is 2. The molecule has 0 spiro atoms. The first-order valence-electron chi connectivity index (χ1n) is 8.68. The van der Waals surface area contributed by atoms with Crippen molar-refractivity contribution in [3.05, 3.63) is 66.7 Å². The van der Waals surface area contributed by atoms with Crippen LogP contribution < -0.4 is 9.44 Å². The molecule has 0 radical (unpaired) electrons. The molecule has 0 aliphatic heterocycles. The highest BCUT2D eigenvalue weighted by atomic mass is 32.2. The number of aromatic nitrogens is 2. The van der Waals surface area contributed by atoms with Gasteiger partial charge in [-0.15, -0.1) is 5.10 Å². The quantitative estimate of drug-likeness (QED) is 0.467. The summed E-state index contributed by atoms with van der Waals surface area (Å²) in [6.45, 7) is 0. The highest BCUT2D eigenvalue weighted by Crippen LogP contribution is 2.29. The number of hydrogen-bond acceptors (Lipinski definition) is 7. The first-order chi connectivity index (χ1) is 14.3. The molecule has 154 valence electrons. The Morgan fingerprint density at radius 3 is 2.10 bits per heavy atom. The molecule has 0 atom stereocenters. The molecule has 0 saturated carbocycles. The molecule has 0 aliphatic rings. The van der Waals surface area contributed by atoms with Gasteiger partial charge in [-0.3, -0.25) is 0 Å². The fraction of sp³-hybridized carbons (Fsp3) is 0.0526. The Morgan fingerprint density at radius 1 is 0.767 bits per heavy atom. The molecule has 2 N–H and O–H groups in total. The van der Waals surface area contributed by atoms with Gasteiger partial charge in [0.25, 0.3) is 10.0 Å². The van der Waals surface area contributed by atoms with Gasteiger partial charge >= 0.3 is 6.01 Å². The zero-order valence-electron chi connectivity index (χ0n) is 15.6. The summed E-state index contributed by atoms with van der Waals surface area (Å²) < 4.78 is 58.6. The van der Waals surface area contributed by atoms with Crippen LogP contribution in [0.2, 0.25) is 0 Å². The first kappa shape index (κ1) is 20.0. The summed E-state index contributed by atoms with van der Waals surface area (Å²) in [5.41, 5.74) is 0.674. The second-order valence-corrected chi connectivity index (χ2v) is 9.79. The molecule has 0 saturated heterocycles. The van der Waals surface area contributed by atoms with Gasteiger partial charge in [0, 0.05) is 5.56 Å². The van der Waals surface area contributed by atoms with E-state index in [9.17, 15) is 16.8 Å². The Balaban J connectivity index is 1.61. The van der Waals surface area contributed by atoms with Gasteiger partial charge in [-0.25, -0.2) is 26.3 Å². The zero-order chi connectivity index (χ0) is 21.4. The number of anilines is 1. The average Bonchev–Trinajstić information content (AvgIpc) is 3.21. The molecule has 4 rings (SSSR count). The summed E-state index contributed by atoms with van der Waals surface area (Å²) in [6.07, 6.45) is 0. The molecule has 30 heavy (non-hydrogen) atoms. The highest BCUT2D eigenvalue weighted by molar-refractivity contribution is 7.92. The normalized spacial score (nSPS) is 12.2. The van der Waals surface area contributed by atoms with Crippen LogP contribution in [0.5, 0.6) is 0 Å². The van der Waals surface area contributed by atoms with Gasteiger partial charge in [0.15, 0.2) is 0 Å². The molecule has 11 heteroatoms. The van der Waals surface area contributed by atoms with Gasteiger partial charge in [0.1, 0.15) is 0 Å². The van der Waals surface area contributed by atoms with Crippen LogP contribution in [0.3, 0.4) is 0 Å². The molecule has 9 nitrogen and oxygen atoms in total. The SMILES string of the molecule is CNS(=O)(=O)c1ccc(S(=O)(=O)Nc2nnc(-c3cccc4ccccc34)o2)cc1. The summed E-state index contributed by atoms with van der Waals surface area (Å²) in [4.78, 5) is -0.206. The Hall–Kier alpha value is -3.28. The Morgan fingerprint density at radius 2 is 1.40 bits per heavy atom. The minimum Gasteiger partial charge on any atom is -0.403 e. The van der Waals surface area contributed by atoms with Gasteiger partial charge in [-0.2, -0.15) is 0 Å². The van der Waals surface area contributed by atoms with Crippen molar-refractivity contribution in [2.75, 3.05) is 11.8 Å². The van der Waals surface area contributed by atoms with E-state index in [1.54, 1.807) is 6.07 Å². The van der Waals surface area contributed by atoms with Crippen molar-refractivity contribution in [2.45, 2.75) is 9.79 Å². The van der Waals surface area contributed by atoms with Crippen molar-refractivity contribution in [1.82, 2.24) is 14.9 Å². The second kappa shape index (κ2) is 7.52. The number of sulfonamides is 2. The molecular weight excluding hydrogens is 428 g/mol. The van der Waals surface area contributed by atoms with Crippen LogP contribution in [-0.2, 0) is 20.0 Å². The van der Waals surface area contributed by atoms with Crippen LogP contribution in [0.25, 0.3) is 22.2 Å². The lowest BCUT2D eigenvalue weighted by Gasteiger charge is -2.06. The van der Waals surface area contributed by atoms with E-state index in [2.05, 4.69) is 19.6 Å². The molecule has 0 unspecified atom stereocenters. The minimum absolute atomic E-state index is 0.0556. The lowest BCUT2D eigenvalue weighted by atomic mass is 10.0.